The number of halogens is 2. The molecule has 0 fully saturated rings. The molecule has 0 bridgehead atoms. The van der Waals surface area contributed by atoms with E-state index in [9.17, 15) is 9.59 Å². The van der Waals surface area contributed by atoms with E-state index in [1.54, 1.807) is 32.0 Å². The standard InChI is InChI=1S/C14H12Cl2N2O3S/c1-3-21-13(20)11-7(2)17-14(22-11)18-12(19)8-5-4-6-9(15)10(8)16/h4-6H,3H2,1-2H3,(H,17,18,19). The van der Waals surface area contributed by atoms with Gasteiger partial charge in [0.2, 0.25) is 0 Å². The van der Waals surface area contributed by atoms with E-state index in [1.165, 1.54) is 0 Å². The van der Waals surface area contributed by atoms with Crippen molar-refractivity contribution in [2.45, 2.75) is 13.8 Å². The molecular weight excluding hydrogens is 347 g/mol. The molecule has 0 aliphatic heterocycles. The van der Waals surface area contributed by atoms with Crippen LogP contribution in [0.1, 0.15) is 32.6 Å². The molecule has 1 N–H and O–H groups in total. The van der Waals surface area contributed by atoms with E-state index in [0.29, 0.717) is 15.7 Å². The first-order valence-corrected chi connectivity index (χ1v) is 7.91. The van der Waals surface area contributed by atoms with Gasteiger partial charge in [0.1, 0.15) is 4.88 Å². The minimum atomic E-state index is -0.459. The minimum Gasteiger partial charge on any atom is -0.462 e. The van der Waals surface area contributed by atoms with Gasteiger partial charge in [0.25, 0.3) is 5.91 Å². The Balaban J connectivity index is 2.21. The van der Waals surface area contributed by atoms with E-state index in [0.717, 1.165) is 11.3 Å². The lowest BCUT2D eigenvalue weighted by molar-refractivity contribution is 0.0531. The Labute approximate surface area is 141 Å². The molecule has 0 atom stereocenters. The third-order valence-corrected chi connectivity index (χ3v) is 4.55. The molecule has 1 heterocycles. The molecule has 5 nitrogen and oxygen atoms in total. The van der Waals surface area contributed by atoms with Crippen LogP contribution in [0.2, 0.25) is 10.0 Å². The number of benzene rings is 1. The van der Waals surface area contributed by atoms with E-state index in [2.05, 4.69) is 10.3 Å². The molecule has 0 spiro atoms. The van der Waals surface area contributed by atoms with Crippen LogP contribution < -0.4 is 5.32 Å². The predicted octanol–water partition coefficient (Wildman–Crippen LogP) is 4.19. The molecule has 0 aliphatic carbocycles. The number of nitrogens with zero attached hydrogens (tertiary/aromatic N) is 1. The number of aryl methyl sites for hydroxylation is 1. The van der Waals surface area contributed by atoms with E-state index in [1.807, 2.05) is 0 Å². The minimum absolute atomic E-state index is 0.167. The maximum atomic E-state index is 12.2. The fourth-order valence-corrected chi connectivity index (χ4v) is 2.92. The van der Waals surface area contributed by atoms with Crippen molar-refractivity contribution in [2.75, 3.05) is 11.9 Å². The zero-order valence-corrected chi connectivity index (χ0v) is 14.1. The molecular formula is C14H12Cl2N2O3S. The van der Waals surface area contributed by atoms with Crippen molar-refractivity contribution in [1.82, 2.24) is 4.98 Å². The SMILES string of the molecule is CCOC(=O)c1sc(NC(=O)c2cccc(Cl)c2Cl)nc1C. The second kappa shape index (κ2) is 7.09. The van der Waals surface area contributed by atoms with Gasteiger partial charge in [0, 0.05) is 0 Å². The molecule has 116 valence electrons. The molecule has 8 heteroatoms. The van der Waals surface area contributed by atoms with E-state index >= 15 is 0 Å². The second-order valence-electron chi connectivity index (χ2n) is 4.21. The molecule has 1 aromatic heterocycles. The molecule has 0 saturated carbocycles. The van der Waals surface area contributed by atoms with Gasteiger partial charge < -0.3 is 4.74 Å². The van der Waals surface area contributed by atoms with Crippen LogP contribution in [0.15, 0.2) is 18.2 Å². The summed E-state index contributed by atoms with van der Waals surface area (Å²) in [5.74, 6) is -0.907. The zero-order valence-electron chi connectivity index (χ0n) is 11.8. The molecule has 2 rings (SSSR count). The van der Waals surface area contributed by atoms with Crippen molar-refractivity contribution in [1.29, 1.82) is 0 Å². The molecule has 0 aliphatic rings. The number of rotatable bonds is 4. The average molecular weight is 359 g/mol. The lowest BCUT2D eigenvalue weighted by Crippen LogP contribution is -2.12. The second-order valence-corrected chi connectivity index (χ2v) is 5.99. The third-order valence-electron chi connectivity index (χ3n) is 2.67. The Kier molecular flexibility index (Phi) is 5.39. The van der Waals surface area contributed by atoms with E-state index in [4.69, 9.17) is 27.9 Å². The van der Waals surface area contributed by atoms with Gasteiger partial charge in [-0.3, -0.25) is 10.1 Å². The van der Waals surface area contributed by atoms with Crippen LogP contribution in [0.4, 0.5) is 5.13 Å². The normalized spacial score (nSPS) is 10.4. The molecule has 22 heavy (non-hydrogen) atoms. The van der Waals surface area contributed by atoms with Crippen LogP contribution in [0.25, 0.3) is 0 Å². The number of hydrogen-bond acceptors (Lipinski definition) is 5. The fourth-order valence-electron chi connectivity index (χ4n) is 1.68. The van der Waals surface area contributed by atoms with Crippen molar-refractivity contribution in [3.8, 4) is 0 Å². The summed E-state index contributed by atoms with van der Waals surface area (Å²) in [5.41, 5.74) is 0.732. The van der Waals surface area contributed by atoms with Crippen molar-refractivity contribution in [2.24, 2.45) is 0 Å². The molecule has 2 aromatic rings. The number of ether oxygens (including phenoxy) is 1. The van der Waals surface area contributed by atoms with E-state index < -0.39 is 11.9 Å². The average Bonchev–Trinajstić information content (AvgIpc) is 2.82. The molecule has 1 aromatic carbocycles. The van der Waals surface area contributed by atoms with Gasteiger partial charge in [-0.05, 0) is 26.0 Å². The first-order chi connectivity index (χ1) is 10.4. The summed E-state index contributed by atoms with van der Waals surface area (Å²) in [7, 11) is 0. The van der Waals surface area contributed by atoms with Crippen molar-refractivity contribution in [3.63, 3.8) is 0 Å². The number of aromatic nitrogens is 1. The van der Waals surface area contributed by atoms with Gasteiger partial charge >= 0.3 is 5.97 Å². The summed E-state index contributed by atoms with van der Waals surface area (Å²) in [4.78, 5) is 28.4. The maximum absolute atomic E-state index is 12.2. The number of nitrogens with one attached hydrogen (secondary N) is 1. The van der Waals surface area contributed by atoms with Crippen LogP contribution in [-0.2, 0) is 4.74 Å². The van der Waals surface area contributed by atoms with Gasteiger partial charge in [-0.2, -0.15) is 0 Å². The maximum Gasteiger partial charge on any atom is 0.350 e. The Morgan fingerprint density at radius 1 is 1.36 bits per heavy atom. The van der Waals surface area contributed by atoms with Gasteiger partial charge in [0.05, 0.1) is 27.9 Å². The Morgan fingerprint density at radius 2 is 2.09 bits per heavy atom. The number of carbonyl (C=O) groups is 2. The van der Waals surface area contributed by atoms with Gasteiger partial charge in [0.15, 0.2) is 5.13 Å². The van der Waals surface area contributed by atoms with Gasteiger partial charge in [-0.1, -0.05) is 40.6 Å². The number of thiazole rings is 1. The quantitative estimate of drug-likeness (QED) is 0.832. The largest absolute Gasteiger partial charge is 0.462 e. The summed E-state index contributed by atoms with van der Waals surface area (Å²) in [6, 6.07) is 4.77. The molecule has 1 amide bonds. The Bertz CT molecular complexity index is 731. The highest BCUT2D eigenvalue weighted by molar-refractivity contribution is 7.17. The van der Waals surface area contributed by atoms with E-state index in [-0.39, 0.29) is 22.2 Å². The topological polar surface area (TPSA) is 68.3 Å². The number of anilines is 1. The zero-order chi connectivity index (χ0) is 16.3. The monoisotopic (exact) mass is 358 g/mol. The summed E-state index contributed by atoms with van der Waals surface area (Å²) in [6.07, 6.45) is 0. The third kappa shape index (κ3) is 3.58. The van der Waals surface area contributed by atoms with Crippen LogP contribution in [0.5, 0.6) is 0 Å². The molecule has 0 saturated heterocycles. The van der Waals surface area contributed by atoms with Crippen molar-refractivity contribution >= 4 is 51.5 Å². The first-order valence-electron chi connectivity index (χ1n) is 6.34. The summed E-state index contributed by atoms with van der Waals surface area (Å²) in [6.45, 7) is 3.67. The highest BCUT2D eigenvalue weighted by Crippen LogP contribution is 2.28. The van der Waals surface area contributed by atoms with Crippen LogP contribution >= 0.6 is 34.5 Å². The molecule has 0 unspecified atom stereocenters. The Hall–Kier alpha value is -1.63. The smallest absolute Gasteiger partial charge is 0.350 e. The first kappa shape index (κ1) is 16.7. The van der Waals surface area contributed by atoms with Crippen LogP contribution in [0.3, 0.4) is 0 Å². The van der Waals surface area contributed by atoms with Crippen LogP contribution in [-0.4, -0.2) is 23.5 Å². The Morgan fingerprint density at radius 3 is 2.77 bits per heavy atom. The van der Waals surface area contributed by atoms with Crippen molar-refractivity contribution in [3.05, 3.63) is 44.4 Å². The number of carbonyl (C=O) groups excluding carboxylic acids is 2. The summed E-state index contributed by atoms with van der Waals surface area (Å²) >= 11 is 12.9. The predicted molar refractivity (Wildman–Crippen MR) is 87.2 cm³/mol. The van der Waals surface area contributed by atoms with Crippen LogP contribution in [0, 0.1) is 6.92 Å². The van der Waals surface area contributed by atoms with Crippen molar-refractivity contribution < 1.29 is 14.3 Å². The number of hydrogen-bond donors (Lipinski definition) is 1. The lowest BCUT2D eigenvalue weighted by atomic mass is 10.2. The highest BCUT2D eigenvalue weighted by Gasteiger charge is 2.19. The lowest BCUT2D eigenvalue weighted by Gasteiger charge is -2.04. The van der Waals surface area contributed by atoms with Gasteiger partial charge in [-0.25, -0.2) is 9.78 Å². The fraction of sp³-hybridized carbons (Fsp3) is 0.214. The summed E-state index contributed by atoms with van der Waals surface area (Å²) in [5, 5.41) is 3.35. The summed E-state index contributed by atoms with van der Waals surface area (Å²) < 4.78 is 4.93. The molecule has 0 radical (unpaired) electrons. The number of esters is 1. The van der Waals surface area contributed by atoms with Gasteiger partial charge in [-0.15, -0.1) is 0 Å². The number of amides is 1. The highest BCUT2D eigenvalue weighted by atomic mass is 35.5.